The number of amides is 1. The molecule has 2 N–H and O–H groups in total. The van der Waals surface area contributed by atoms with E-state index in [4.69, 9.17) is 9.47 Å². The zero-order valence-electron chi connectivity index (χ0n) is 16.9. The van der Waals surface area contributed by atoms with Gasteiger partial charge in [-0.15, -0.1) is 0 Å². The van der Waals surface area contributed by atoms with Gasteiger partial charge in [0.05, 0.1) is 13.2 Å². The second kappa shape index (κ2) is 9.89. The number of fused-ring (bicyclic) bond motifs is 1. The molecule has 1 aliphatic heterocycles. The molecule has 29 heavy (non-hydrogen) atoms. The Labute approximate surface area is 171 Å². The second-order valence-electron chi connectivity index (χ2n) is 7.72. The van der Waals surface area contributed by atoms with Crippen molar-refractivity contribution >= 4 is 11.6 Å². The number of aromatic nitrogens is 2. The number of benzene rings is 1. The lowest BCUT2D eigenvalue weighted by atomic mass is 9.97. The first-order valence-corrected chi connectivity index (χ1v) is 10.7. The number of anilines is 1. The lowest BCUT2D eigenvalue weighted by Crippen LogP contribution is -2.38. The molecule has 2 heterocycles. The lowest BCUT2D eigenvalue weighted by Gasteiger charge is -2.26. The van der Waals surface area contributed by atoms with Crippen LogP contribution < -0.4 is 10.1 Å². The maximum atomic E-state index is 12.7. The first-order chi connectivity index (χ1) is 14.3. The first kappa shape index (κ1) is 19.9. The number of H-pyrrole nitrogens is 1. The largest absolute Gasteiger partial charge is 0.492 e. The molecule has 4 rings (SSSR count). The summed E-state index contributed by atoms with van der Waals surface area (Å²) in [5.41, 5.74) is 3.50. The summed E-state index contributed by atoms with van der Waals surface area (Å²) >= 11 is 0. The van der Waals surface area contributed by atoms with E-state index in [9.17, 15) is 4.79 Å². The predicted molar refractivity (Wildman–Crippen MR) is 112 cm³/mol. The fourth-order valence-electron chi connectivity index (χ4n) is 3.96. The number of morpholine rings is 1. The average Bonchev–Trinajstić information content (AvgIpc) is 3.12. The van der Waals surface area contributed by atoms with E-state index < -0.39 is 0 Å². The summed E-state index contributed by atoms with van der Waals surface area (Å²) in [7, 11) is 0. The number of hydrogen-bond donors (Lipinski definition) is 2. The number of hydrogen-bond acceptors (Lipinski definition) is 5. The van der Waals surface area contributed by atoms with Crippen LogP contribution in [-0.2, 0) is 17.6 Å². The van der Waals surface area contributed by atoms with Gasteiger partial charge in [0.25, 0.3) is 5.91 Å². The summed E-state index contributed by atoms with van der Waals surface area (Å²) in [5, 5.41) is 10.3. The maximum absolute atomic E-state index is 12.7. The molecule has 0 radical (unpaired) electrons. The molecule has 0 atom stereocenters. The SMILES string of the molecule is O=C(Nc1ccc(OCCN2CCOCC2)cc1)c1n[nH]c2c1CCCCCC2. The number of ether oxygens (including phenoxy) is 2. The highest BCUT2D eigenvalue weighted by Gasteiger charge is 2.20. The van der Waals surface area contributed by atoms with Gasteiger partial charge >= 0.3 is 0 Å². The van der Waals surface area contributed by atoms with Crippen LogP contribution in [0.25, 0.3) is 0 Å². The highest BCUT2D eigenvalue weighted by atomic mass is 16.5. The monoisotopic (exact) mass is 398 g/mol. The molecule has 1 aromatic carbocycles. The zero-order valence-corrected chi connectivity index (χ0v) is 16.9. The summed E-state index contributed by atoms with van der Waals surface area (Å²) in [4.78, 5) is 15.1. The summed E-state index contributed by atoms with van der Waals surface area (Å²) in [5.74, 6) is 0.658. The Morgan fingerprint density at radius 3 is 2.66 bits per heavy atom. The average molecular weight is 399 g/mol. The van der Waals surface area contributed by atoms with Crippen molar-refractivity contribution in [3.63, 3.8) is 0 Å². The molecule has 7 nitrogen and oxygen atoms in total. The van der Waals surface area contributed by atoms with Gasteiger partial charge in [-0.3, -0.25) is 14.8 Å². The van der Waals surface area contributed by atoms with Gasteiger partial charge in [-0.25, -0.2) is 0 Å². The molecule has 1 amide bonds. The van der Waals surface area contributed by atoms with Crippen LogP contribution in [-0.4, -0.2) is 60.5 Å². The Kier molecular flexibility index (Phi) is 6.79. The van der Waals surface area contributed by atoms with Crippen LogP contribution >= 0.6 is 0 Å². The van der Waals surface area contributed by atoms with Crippen molar-refractivity contribution in [2.45, 2.75) is 38.5 Å². The topological polar surface area (TPSA) is 79.5 Å². The van der Waals surface area contributed by atoms with Crippen molar-refractivity contribution in [3.05, 3.63) is 41.2 Å². The normalized spacial score (nSPS) is 17.8. The van der Waals surface area contributed by atoms with Crippen LogP contribution in [0.2, 0.25) is 0 Å². The number of carbonyl (C=O) groups is 1. The molecule has 2 aromatic rings. The fourth-order valence-corrected chi connectivity index (χ4v) is 3.96. The molecule has 1 aromatic heterocycles. The van der Waals surface area contributed by atoms with Crippen molar-refractivity contribution in [2.75, 3.05) is 44.8 Å². The van der Waals surface area contributed by atoms with E-state index in [-0.39, 0.29) is 5.91 Å². The Morgan fingerprint density at radius 1 is 1.10 bits per heavy atom. The molecule has 1 aliphatic carbocycles. The molecule has 7 heteroatoms. The van der Waals surface area contributed by atoms with Crippen molar-refractivity contribution in [2.24, 2.45) is 0 Å². The van der Waals surface area contributed by atoms with Crippen molar-refractivity contribution in [3.8, 4) is 5.75 Å². The van der Waals surface area contributed by atoms with E-state index in [0.717, 1.165) is 81.2 Å². The molecule has 0 saturated carbocycles. The number of aryl methyl sites for hydroxylation is 1. The molecule has 1 fully saturated rings. The lowest BCUT2D eigenvalue weighted by molar-refractivity contribution is 0.0322. The Balaban J connectivity index is 1.30. The van der Waals surface area contributed by atoms with Gasteiger partial charge in [-0.1, -0.05) is 12.8 Å². The van der Waals surface area contributed by atoms with Gasteiger partial charge in [0, 0.05) is 36.6 Å². The Bertz CT molecular complexity index is 797. The molecule has 0 unspecified atom stereocenters. The highest BCUT2D eigenvalue weighted by Crippen LogP contribution is 2.23. The van der Waals surface area contributed by atoms with Gasteiger partial charge in [-0.05, 0) is 49.9 Å². The minimum atomic E-state index is -0.149. The van der Waals surface area contributed by atoms with Gasteiger partial charge in [-0.2, -0.15) is 5.10 Å². The molecule has 0 bridgehead atoms. The van der Waals surface area contributed by atoms with E-state index in [1.165, 1.54) is 12.8 Å². The molecule has 1 saturated heterocycles. The molecule has 0 spiro atoms. The summed E-state index contributed by atoms with van der Waals surface area (Å²) in [6, 6.07) is 7.53. The van der Waals surface area contributed by atoms with Crippen LogP contribution in [0.15, 0.2) is 24.3 Å². The minimum Gasteiger partial charge on any atom is -0.492 e. The van der Waals surface area contributed by atoms with Crippen LogP contribution in [0.5, 0.6) is 5.75 Å². The first-order valence-electron chi connectivity index (χ1n) is 10.7. The van der Waals surface area contributed by atoms with E-state index in [1.54, 1.807) is 0 Å². The van der Waals surface area contributed by atoms with E-state index >= 15 is 0 Å². The maximum Gasteiger partial charge on any atom is 0.276 e. The van der Waals surface area contributed by atoms with Crippen LogP contribution in [0.4, 0.5) is 5.69 Å². The van der Waals surface area contributed by atoms with Crippen LogP contribution in [0.1, 0.15) is 47.4 Å². The van der Waals surface area contributed by atoms with E-state index in [2.05, 4.69) is 20.4 Å². The predicted octanol–water partition coefficient (Wildman–Crippen LogP) is 3.03. The summed E-state index contributed by atoms with van der Waals surface area (Å²) in [6.45, 7) is 5.06. The van der Waals surface area contributed by atoms with Gasteiger partial charge < -0.3 is 14.8 Å². The van der Waals surface area contributed by atoms with Crippen LogP contribution in [0, 0.1) is 0 Å². The number of nitrogens with zero attached hydrogens (tertiary/aromatic N) is 2. The van der Waals surface area contributed by atoms with Crippen molar-refractivity contribution in [1.82, 2.24) is 15.1 Å². The smallest absolute Gasteiger partial charge is 0.276 e. The van der Waals surface area contributed by atoms with Gasteiger partial charge in [0.15, 0.2) is 5.69 Å². The molecular formula is C22H30N4O3. The number of carbonyl (C=O) groups excluding carboxylic acids is 1. The van der Waals surface area contributed by atoms with Crippen molar-refractivity contribution in [1.29, 1.82) is 0 Å². The fraction of sp³-hybridized carbons (Fsp3) is 0.545. The Hall–Kier alpha value is -2.38. The van der Waals surface area contributed by atoms with E-state index in [0.29, 0.717) is 12.3 Å². The third-order valence-electron chi connectivity index (χ3n) is 5.66. The Morgan fingerprint density at radius 2 is 1.86 bits per heavy atom. The standard InChI is InChI=1S/C22H30N4O3/c27-22(21-19-5-3-1-2-4-6-20(19)24-25-21)23-17-7-9-18(10-8-17)29-16-13-26-11-14-28-15-12-26/h7-10H,1-6,11-16H2,(H,23,27)(H,24,25). The molecular weight excluding hydrogens is 368 g/mol. The third-order valence-corrected chi connectivity index (χ3v) is 5.66. The molecule has 2 aliphatic rings. The van der Waals surface area contributed by atoms with Crippen LogP contribution in [0.3, 0.4) is 0 Å². The second-order valence-corrected chi connectivity index (χ2v) is 7.72. The van der Waals surface area contributed by atoms with E-state index in [1.807, 2.05) is 24.3 Å². The number of rotatable bonds is 6. The summed E-state index contributed by atoms with van der Waals surface area (Å²) < 4.78 is 11.2. The zero-order chi connectivity index (χ0) is 19.9. The molecule has 156 valence electrons. The minimum absolute atomic E-state index is 0.149. The van der Waals surface area contributed by atoms with Crippen molar-refractivity contribution < 1.29 is 14.3 Å². The third kappa shape index (κ3) is 5.36. The number of aromatic amines is 1. The number of nitrogens with one attached hydrogen (secondary N) is 2. The quantitative estimate of drug-likeness (QED) is 0.782. The van der Waals surface area contributed by atoms with Gasteiger partial charge in [0.1, 0.15) is 12.4 Å². The highest BCUT2D eigenvalue weighted by molar-refractivity contribution is 6.04. The summed E-state index contributed by atoms with van der Waals surface area (Å²) in [6.07, 6.45) is 6.64. The van der Waals surface area contributed by atoms with Gasteiger partial charge in [0.2, 0.25) is 0 Å².